The molecule has 0 amide bonds. The molecule has 0 aromatic carbocycles. The number of hydrogen-bond acceptors (Lipinski definition) is 5. The van der Waals surface area contributed by atoms with E-state index in [1.54, 1.807) is 11.3 Å². The smallest absolute Gasteiger partial charge is 0.193 e. The molecule has 3 N–H and O–H groups in total. The van der Waals surface area contributed by atoms with E-state index >= 15 is 0 Å². The summed E-state index contributed by atoms with van der Waals surface area (Å²) < 4.78 is 7.57. The number of fused-ring (bicyclic) bond motifs is 1. The van der Waals surface area contributed by atoms with Crippen LogP contribution in [-0.2, 0) is 11.2 Å². The zero-order chi connectivity index (χ0) is 12.3. The SMILES string of the molecule is CCOC(C)C(Cc1cn2ccsc2n1)NN. The Kier molecular flexibility index (Phi) is 4.11. The Bertz CT molecular complexity index is 438. The Morgan fingerprint density at radius 2 is 2.47 bits per heavy atom. The fourth-order valence-corrected chi connectivity index (χ4v) is 2.56. The molecule has 0 fully saturated rings. The third-order valence-corrected chi connectivity index (χ3v) is 3.55. The first-order valence-electron chi connectivity index (χ1n) is 5.73. The van der Waals surface area contributed by atoms with Crippen LogP contribution in [0.4, 0.5) is 0 Å². The number of hydrogen-bond donors (Lipinski definition) is 2. The van der Waals surface area contributed by atoms with Crippen molar-refractivity contribution in [3.8, 4) is 0 Å². The van der Waals surface area contributed by atoms with Crippen molar-refractivity contribution in [3.05, 3.63) is 23.5 Å². The van der Waals surface area contributed by atoms with Crippen molar-refractivity contribution in [2.75, 3.05) is 6.61 Å². The predicted octanol–water partition coefficient (Wildman–Crippen LogP) is 1.20. The first-order chi connectivity index (χ1) is 8.24. The van der Waals surface area contributed by atoms with E-state index in [4.69, 9.17) is 10.6 Å². The van der Waals surface area contributed by atoms with E-state index in [0.717, 1.165) is 17.1 Å². The van der Waals surface area contributed by atoms with Gasteiger partial charge in [-0.05, 0) is 13.8 Å². The van der Waals surface area contributed by atoms with E-state index in [2.05, 4.69) is 10.4 Å². The van der Waals surface area contributed by atoms with Crippen LogP contribution in [0.2, 0.25) is 0 Å². The predicted molar refractivity (Wildman–Crippen MR) is 69.0 cm³/mol. The summed E-state index contributed by atoms with van der Waals surface area (Å²) in [5.74, 6) is 5.56. The average Bonchev–Trinajstić information content (AvgIpc) is 2.86. The third kappa shape index (κ3) is 2.84. The van der Waals surface area contributed by atoms with Crippen molar-refractivity contribution in [1.82, 2.24) is 14.8 Å². The van der Waals surface area contributed by atoms with Gasteiger partial charge in [0.05, 0.1) is 17.8 Å². The molecule has 94 valence electrons. The number of thiazole rings is 1. The summed E-state index contributed by atoms with van der Waals surface area (Å²) in [6, 6.07) is 0.0829. The van der Waals surface area contributed by atoms with Gasteiger partial charge < -0.3 is 4.74 Å². The molecule has 5 nitrogen and oxygen atoms in total. The number of hydrazine groups is 1. The quantitative estimate of drug-likeness (QED) is 0.600. The van der Waals surface area contributed by atoms with Crippen molar-refractivity contribution in [2.45, 2.75) is 32.4 Å². The number of ether oxygens (including phenoxy) is 1. The van der Waals surface area contributed by atoms with Crippen LogP contribution in [0, 0.1) is 0 Å². The average molecular weight is 254 g/mol. The fourth-order valence-electron chi connectivity index (χ4n) is 1.84. The lowest BCUT2D eigenvalue weighted by atomic mass is 10.1. The van der Waals surface area contributed by atoms with Crippen molar-refractivity contribution < 1.29 is 4.74 Å². The summed E-state index contributed by atoms with van der Waals surface area (Å²) in [5, 5.41) is 2.02. The van der Waals surface area contributed by atoms with Crippen molar-refractivity contribution >= 4 is 16.3 Å². The highest BCUT2D eigenvalue weighted by Gasteiger charge is 2.18. The largest absolute Gasteiger partial charge is 0.377 e. The molecule has 0 saturated carbocycles. The summed E-state index contributed by atoms with van der Waals surface area (Å²) in [5.41, 5.74) is 3.83. The van der Waals surface area contributed by atoms with E-state index in [9.17, 15) is 0 Å². The minimum atomic E-state index is 0.0738. The third-order valence-electron chi connectivity index (χ3n) is 2.78. The molecule has 0 aliphatic rings. The molecule has 2 rings (SSSR count). The molecule has 0 radical (unpaired) electrons. The molecule has 0 bridgehead atoms. The van der Waals surface area contributed by atoms with Gasteiger partial charge in [-0.1, -0.05) is 0 Å². The van der Waals surface area contributed by atoms with Crippen LogP contribution in [-0.4, -0.2) is 28.1 Å². The Balaban J connectivity index is 2.05. The Labute approximate surface area is 105 Å². The van der Waals surface area contributed by atoms with Crippen LogP contribution in [0.5, 0.6) is 0 Å². The normalized spacial score (nSPS) is 15.2. The molecule has 0 aliphatic heterocycles. The monoisotopic (exact) mass is 254 g/mol. The second kappa shape index (κ2) is 5.59. The molecule has 2 aromatic rings. The van der Waals surface area contributed by atoms with Crippen LogP contribution >= 0.6 is 11.3 Å². The number of aromatic nitrogens is 2. The van der Waals surface area contributed by atoms with Gasteiger partial charge in [0.1, 0.15) is 0 Å². The highest BCUT2D eigenvalue weighted by molar-refractivity contribution is 7.15. The van der Waals surface area contributed by atoms with E-state index in [-0.39, 0.29) is 12.1 Å². The van der Waals surface area contributed by atoms with Crippen molar-refractivity contribution in [1.29, 1.82) is 0 Å². The molecule has 0 aliphatic carbocycles. The highest BCUT2D eigenvalue weighted by Crippen LogP contribution is 2.13. The molecule has 2 unspecified atom stereocenters. The molecule has 2 heterocycles. The molecule has 17 heavy (non-hydrogen) atoms. The number of nitrogens with zero attached hydrogens (tertiary/aromatic N) is 2. The molecule has 0 spiro atoms. The van der Waals surface area contributed by atoms with Gasteiger partial charge in [0.15, 0.2) is 4.96 Å². The van der Waals surface area contributed by atoms with E-state index in [0.29, 0.717) is 6.61 Å². The first-order valence-corrected chi connectivity index (χ1v) is 6.61. The Hall–Kier alpha value is -0.950. The lowest BCUT2D eigenvalue weighted by Gasteiger charge is -2.22. The zero-order valence-corrected chi connectivity index (χ0v) is 10.9. The van der Waals surface area contributed by atoms with Crippen LogP contribution in [0.25, 0.3) is 4.96 Å². The molecule has 0 saturated heterocycles. The summed E-state index contributed by atoms with van der Waals surface area (Å²) in [4.78, 5) is 5.55. The first kappa shape index (κ1) is 12.5. The molecule has 2 aromatic heterocycles. The van der Waals surface area contributed by atoms with Crippen molar-refractivity contribution in [3.63, 3.8) is 0 Å². The van der Waals surface area contributed by atoms with Gasteiger partial charge in [0.25, 0.3) is 0 Å². The van der Waals surface area contributed by atoms with Crippen LogP contribution in [0.15, 0.2) is 17.8 Å². The van der Waals surface area contributed by atoms with Crippen molar-refractivity contribution in [2.24, 2.45) is 5.84 Å². The van der Waals surface area contributed by atoms with E-state index in [1.165, 1.54) is 0 Å². The number of nitrogens with two attached hydrogens (primary N) is 1. The number of nitrogens with one attached hydrogen (secondary N) is 1. The maximum Gasteiger partial charge on any atom is 0.193 e. The van der Waals surface area contributed by atoms with Gasteiger partial charge in [-0.15, -0.1) is 11.3 Å². The van der Waals surface area contributed by atoms with Gasteiger partial charge in [0, 0.05) is 30.8 Å². The minimum Gasteiger partial charge on any atom is -0.377 e. The summed E-state index contributed by atoms with van der Waals surface area (Å²) in [6.07, 6.45) is 4.89. The Morgan fingerprint density at radius 3 is 3.12 bits per heavy atom. The van der Waals surface area contributed by atoms with E-state index < -0.39 is 0 Å². The summed E-state index contributed by atoms with van der Waals surface area (Å²) in [6.45, 7) is 4.70. The van der Waals surface area contributed by atoms with Crippen LogP contribution in [0.1, 0.15) is 19.5 Å². The van der Waals surface area contributed by atoms with Gasteiger partial charge in [-0.25, -0.2) is 4.98 Å². The molecule has 2 atom stereocenters. The maximum absolute atomic E-state index is 5.56. The number of imidazole rings is 1. The second-order valence-electron chi connectivity index (χ2n) is 3.96. The maximum atomic E-state index is 5.56. The van der Waals surface area contributed by atoms with Crippen LogP contribution in [0.3, 0.4) is 0 Å². The standard InChI is InChI=1S/C11H18N4OS/c1-3-16-8(2)10(14-12)6-9-7-15-4-5-17-11(15)13-9/h4-5,7-8,10,14H,3,6,12H2,1-2H3. The number of rotatable bonds is 6. The topological polar surface area (TPSA) is 64.6 Å². The Morgan fingerprint density at radius 1 is 1.65 bits per heavy atom. The summed E-state index contributed by atoms with van der Waals surface area (Å²) >= 11 is 1.63. The van der Waals surface area contributed by atoms with Crippen LogP contribution < -0.4 is 11.3 Å². The lowest BCUT2D eigenvalue weighted by Crippen LogP contribution is -2.45. The zero-order valence-electron chi connectivity index (χ0n) is 10.1. The molecule has 6 heteroatoms. The molecular weight excluding hydrogens is 236 g/mol. The van der Waals surface area contributed by atoms with E-state index in [1.807, 2.05) is 36.0 Å². The minimum absolute atomic E-state index is 0.0738. The van der Waals surface area contributed by atoms with Gasteiger partial charge >= 0.3 is 0 Å². The fraction of sp³-hybridized carbons (Fsp3) is 0.545. The van der Waals surface area contributed by atoms with Gasteiger partial charge in [-0.2, -0.15) is 0 Å². The highest BCUT2D eigenvalue weighted by atomic mass is 32.1. The van der Waals surface area contributed by atoms with Gasteiger partial charge in [0.2, 0.25) is 0 Å². The molecular formula is C11H18N4OS. The second-order valence-corrected chi connectivity index (χ2v) is 4.84. The summed E-state index contributed by atoms with van der Waals surface area (Å²) in [7, 11) is 0. The van der Waals surface area contributed by atoms with Gasteiger partial charge in [-0.3, -0.25) is 15.7 Å². The lowest BCUT2D eigenvalue weighted by molar-refractivity contribution is 0.0474.